The molecule has 1 heterocycles. The van der Waals surface area contributed by atoms with Gasteiger partial charge in [-0.1, -0.05) is 13.0 Å². The standard InChI is InChI=1S/C20H22N2O3S/c1-4-5-20-22-15-8-7-14(12-18(15)26-20)21-19(23)11-13-6-9-16(24-2)17(10-13)25-3/h6-10,12H,4-5,11H2,1-3H3,(H,21,23). The second-order valence-corrected chi connectivity index (χ2v) is 7.07. The molecule has 0 aliphatic carbocycles. The predicted molar refractivity (Wildman–Crippen MR) is 105 cm³/mol. The van der Waals surface area contributed by atoms with Crippen molar-refractivity contribution in [2.75, 3.05) is 19.5 Å². The van der Waals surface area contributed by atoms with Crippen molar-refractivity contribution in [1.29, 1.82) is 0 Å². The first-order chi connectivity index (χ1) is 12.6. The molecule has 0 radical (unpaired) electrons. The van der Waals surface area contributed by atoms with Crippen LogP contribution in [0.4, 0.5) is 5.69 Å². The fourth-order valence-electron chi connectivity index (χ4n) is 2.75. The Morgan fingerprint density at radius 2 is 1.92 bits per heavy atom. The highest BCUT2D eigenvalue weighted by molar-refractivity contribution is 7.18. The van der Waals surface area contributed by atoms with Gasteiger partial charge >= 0.3 is 0 Å². The van der Waals surface area contributed by atoms with Crippen LogP contribution in [0.2, 0.25) is 0 Å². The number of aromatic nitrogens is 1. The minimum atomic E-state index is -0.0742. The van der Waals surface area contributed by atoms with Crippen LogP contribution in [0.25, 0.3) is 10.2 Å². The van der Waals surface area contributed by atoms with E-state index in [1.807, 2.05) is 30.3 Å². The number of nitrogens with one attached hydrogen (secondary N) is 1. The summed E-state index contributed by atoms with van der Waals surface area (Å²) in [5.74, 6) is 1.19. The molecule has 0 saturated carbocycles. The average Bonchev–Trinajstić information content (AvgIpc) is 3.03. The normalized spacial score (nSPS) is 10.7. The number of thiazole rings is 1. The van der Waals surface area contributed by atoms with Crippen LogP contribution in [0.3, 0.4) is 0 Å². The van der Waals surface area contributed by atoms with E-state index in [1.54, 1.807) is 31.6 Å². The van der Waals surface area contributed by atoms with Crippen molar-refractivity contribution in [3.05, 3.63) is 47.0 Å². The summed E-state index contributed by atoms with van der Waals surface area (Å²) in [4.78, 5) is 17.0. The second kappa shape index (κ2) is 8.19. The number of benzene rings is 2. The van der Waals surface area contributed by atoms with Gasteiger partial charge in [0.05, 0.1) is 35.9 Å². The van der Waals surface area contributed by atoms with Crippen LogP contribution < -0.4 is 14.8 Å². The number of ether oxygens (including phenoxy) is 2. The highest BCUT2D eigenvalue weighted by Crippen LogP contribution is 2.28. The van der Waals surface area contributed by atoms with Crippen molar-refractivity contribution in [1.82, 2.24) is 4.98 Å². The van der Waals surface area contributed by atoms with E-state index in [0.29, 0.717) is 11.5 Å². The fourth-order valence-corrected chi connectivity index (χ4v) is 3.86. The molecular weight excluding hydrogens is 348 g/mol. The van der Waals surface area contributed by atoms with Gasteiger partial charge in [-0.05, 0) is 48.7 Å². The first-order valence-corrected chi connectivity index (χ1v) is 9.34. The molecule has 0 bridgehead atoms. The molecule has 6 heteroatoms. The van der Waals surface area contributed by atoms with Crippen LogP contribution >= 0.6 is 11.3 Å². The lowest BCUT2D eigenvalue weighted by atomic mass is 10.1. The van der Waals surface area contributed by atoms with Crippen molar-refractivity contribution in [3.8, 4) is 11.5 Å². The van der Waals surface area contributed by atoms with E-state index in [1.165, 1.54) is 0 Å². The predicted octanol–water partition coefficient (Wildman–Crippen LogP) is 4.45. The molecule has 1 amide bonds. The van der Waals surface area contributed by atoms with Crippen molar-refractivity contribution in [3.63, 3.8) is 0 Å². The van der Waals surface area contributed by atoms with Crippen molar-refractivity contribution < 1.29 is 14.3 Å². The number of carbonyl (C=O) groups excluding carboxylic acids is 1. The second-order valence-electron chi connectivity index (χ2n) is 5.95. The van der Waals surface area contributed by atoms with E-state index in [0.717, 1.165) is 39.3 Å². The molecule has 0 aliphatic heterocycles. The van der Waals surface area contributed by atoms with Crippen LogP contribution in [0, 0.1) is 0 Å². The number of nitrogens with zero attached hydrogens (tertiary/aromatic N) is 1. The number of hydrogen-bond donors (Lipinski definition) is 1. The first-order valence-electron chi connectivity index (χ1n) is 8.53. The van der Waals surface area contributed by atoms with E-state index >= 15 is 0 Å². The van der Waals surface area contributed by atoms with Gasteiger partial charge in [-0.2, -0.15) is 0 Å². The van der Waals surface area contributed by atoms with Gasteiger partial charge in [0.25, 0.3) is 0 Å². The molecule has 0 atom stereocenters. The summed E-state index contributed by atoms with van der Waals surface area (Å²) in [5.41, 5.74) is 2.63. The number of methoxy groups -OCH3 is 2. The van der Waals surface area contributed by atoms with E-state index < -0.39 is 0 Å². The monoisotopic (exact) mass is 370 g/mol. The zero-order valence-corrected chi connectivity index (χ0v) is 16.0. The molecule has 1 aromatic heterocycles. The zero-order valence-electron chi connectivity index (χ0n) is 15.2. The number of anilines is 1. The van der Waals surface area contributed by atoms with E-state index in [9.17, 15) is 4.79 Å². The number of fused-ring (bicyclic) bond motifs is 1. The molecule has 136 valence electrons. The Hall–Kier alpha value is -2.60. The first kappa shape index (κ1) is 18.2. The molecule has 26 heavy (non-hydrogen) atoms. The van der Waals surface area contributed by atoms with Crippen molar-refractivity contribution in [2.45, 2.75) is 26.2 Å². The number of amides is 1. The number of hydrogen-bond acceptors (Lipinski definition) is 5. The highest BCUT2D eigenvalue weighted by Gasteiger charge is 2.10. The third kappa shape index (κ3) is 4.14. The Balaban J connectivity index is 1.70. The van der Waals surface area contributed by atoms with E-state index in [-0.39, 0.29) is 12.3 Å². The van der Waals surface area contributed by atoms with Crippen molar-refractivity contribution >= 4 is 33.1 Å². The van der Waals surface area contributed by atoms with Gasteiger partial charge in [0.1, 0.15) is 0 Å². The molecule has 3 rings (SSSR count). The van der Waals surface area contributed by atoms with Crippen molar-refractivity contribution in [2.24, 2.45) is 0 Å². The minimum absolute atomic E-state index is 0.0742. The van der Waals surface area contributed by atoms with Gasteiger partial charge in [0.2, 0.25) is 5.91 Å². The van der Waals surface area contributed by atoms with Crippen LogP contribution in [0.1, 0.15) is 23.9 Å². The van der Waals surface area contributed by atoms with Gasteiger partial charge in [-0.25, -0.2) is 4.98 Å². The van der Waals surface area contributed by atoms with Gasteiger partial charge in [-0.15, -0.1) is 11.3 Å². The summed E-state index contributed by atoms with van der Waals surface area (Å²) in [5, 5.41) is 4.09. The fraction of sp³-hybridized carbons (Fsp3) is 0.300. The Labute approximate surface area is 157 Å². The maximum absolute atomic E-state index is 12.4. The third-order valence-corrected chi connectivity index (χ3v) is 5.07. The minimum Gasteiger partial charge on any atom is -0.493 e. The topological polar surface area (TPSA) is 60.5 Å². The molecule has 0 aliphatic rings. The number of carbonyl (C=O) groups is 1. The number of aryl methyl sites for hydroxylation is 1. The lowest BCUT2D eigenvalue weighted by molar-refractivity contribution is -0.115. The molecule has 0 unspecified atom stereocenters. The summed E-state index contributed by atoms with van der Waals surface area (Å²) >= 11 is 1.68. The molecule has 0 spiro atoms. The lowest BCUT2D eigenvalue weighted by Crippen LogP contribution is -2.14. The van der Waals surface area contributed by atoms with E-state index in [4.69, 9.17) is 9.47 Å². The molecule has 0 fully saturated rings. The maximum atomic E-state index is 12.4. The Bertz CT molecular complexity index is 921. The summed E-state index contributed by atoms with van der Waals surface area (Å²) in [7, 11) is 3.17. The Morgan fingerprint density at radius 3 is 2.65 bits per heavy atom. The summed E-state index contributed by atoms with van der Waals surface area (Å²) in [6, 6.07) is 11.3. The average molecular weight is 370 g/mol. The summed E-state index contributed by atoms with van der Waals surface area (Å²) in [6.07, 6.45) is 2.33. The van der Waals surface area contributed by atoms with Gasteiger partial charge in [0.15, 0.2) is 11.5 Å². The SMILES string of the molecule is CCCc1nc2ccc(NC(=O)Cc3ccc(OC)c(OC)c3)cc2s1. The summed E-state index contributed by atoms with van der Waals surface area (Å²) < 4.78 is 11.6. The van der Waals surface area contributed by atoms with Crippen LogP contribution in [-0.4, -0.2) is 25.1 Å². The molecule has 0 saturated heterocycles. The molecule has 1 N–H and O–H groups in total. The highest BCUT2D eigenvalue weighted by atomic mass is 32.1. The van der Waals surface area contributed by atoms with E-state index in [2.05, 4.69) is 17.2 Å². The molecule has 3 aromatic rings. The Kier molecular flexibility index (Phi) is 5.73. The molecule has 2 aromatic carbocycles. The van der Waals surface area contributed by atoms with Crippen LogP contribution in [0.5, 0.6) is 11.5 Å². The largest absolute Gasteiger partial charge is 0.493 e. The molecule has 5 nitrogen and oxygen atoms in total. The quantitative estimate of drug-likeness (QED) is 0.668. The van der Waals surface area contributed by atoms with Crippen LogP contribution in [0.15, 0.2) is 36.4 Å². The lowest BCUT2D eigenvalue weighted by Gasteiger charge is -2.10. The van der Waals surface area contributed by atoms with Gasteiger partial charge in [-0.3, -0.25) is 4.79 Å². The van der Waals surface area contributed by atoms with Crippen LogP contribution in [-0.2, 0) is 17.6 Å². The number of rotatable bonds is 7. The van der Waals surface area contributed by atoms with Gasteiger partial charge < -0.3 is 14.8 Å². The Morgan fingerprint density at radius 1 is 1.12 bits per heavy atom. The third-order valence-electron chi connectivity index (χ3n) is 3.99. The summed E-state index contributed by atoms with van der Waals surface area (Å²) in [6.45, 7) is 2.14. The zero-order chi connectivity index (χ0) is 18.5. The molecular formula is C20H22N2O3S. The maximum Gasteiger partial charge on any atom is 0.228 e. The van der Waals surface area contributed by atoms with Gasteiger partial charge in [0, 0.05) is 5.69 Å². The smallest absolute Gasteiger partial charge is 0.228 e.